The number of ether oxygens (including phenoxy) is 1. The summed E-state index contributed by atoms with van der Waals surface area (Å²) in [7, 11) is 0. The van der Waals surface area contributed by atoms with Gasteiger partial charge in [-0.3, -0.25) is 4.79 Å². The average molecular weight is 244 g/mol. The van der Waals surface area contributed by atoms with Gasteiger partial charge in [-0.05, 0) is 42.8 Å². The maximum atomic E-state index is 13.5. The molecule has 2 aromatic carbocycles. The molecule has 0 aliphatic carbocycles. The smallest absolute Gasteiger partial charge is 0.150 e. The normalized spacial score (nSPS) is 10.1. The molecule has 2 rings (SSSR count). The van der Waals surface area contributed by atoms with Crippen molar-refractivity contribution >= 4 is 6.29 Å². The first kappa shape index (κ1) is 12.3. The number of benzene rings is 2. The van der Waals surface area contributed by atoms with E-state index in [1.165, 1.54) is 6.07 Å². The molecule has 0 aliphatic heterocycles. The van der Waals surface area contributed by atoms with Crippen LogP contribution in [0, 0.1) is 12.7 Å². The van der Waals surface area contributed by atoms with Crippen LogP contribution in [0.3, 0.4) is 0 Å². The Labute approximate surface area is 105 Å². The van der Waals surface area contributed by atoms with Gasteiger partial charge in [0.15, 0.2) is 0 Å². The maximum absolute atomic E-state index is 13.5. The predicted octanol–water partition coefficient (Wildman–Crippen LogP) is 3.53. The molecule has 2 aromatic rings. The molecule has 18 heavy (non-hydrogen) atoms. The molecule has 0 bridgehead atoms. The molecule has 0 unspecified atom stereocenters. The third-order valence-electron chi connectivity index (χ3n) is 2.75. The van der Waals surface area contributed by atoms with Crippen LogP contribution in [-0.2, 0) is 6.61 Å². The van der Waals surface area contributed by atoms with Crippen molar-refractivity contribution in [2.75, 3.05) is 0 Å². The molecule has 0 fully saturated rings. The topological polar surface area (TPSA) is 26.3 Å². The summed E-state index contributed by atoms with van der Waals surface area (Å²) in [4.78, 5) is 10.5. The van der Waals surface area contributed by atoms with Gasteiger partial charge in [0.05, 0.1) is 0 Å². The Kier molecular flexibility index (Phi) is 3.72. The minimum Gasteiger partial charge on any atom is -0.489 e. The zero-order chi connectivity index (χ0) is 13.0. The van der Waals surface area contributed by atoms with Gasteiger partial charge in [-0.1, -0.05) is 12.1 Å². The quantitative estimate of drug-likeness (QED) is 0.769. The van der Waals surface area contributed by atoms with E-state index in [1.807, 2.05) is 13.0 Å². The van der Waals surface area contributed by atoms with Crippen molar-refractivity contribution in [1.29, 1.82) is 0 Å². The molecule has 92 valence electrons. The second-order valence-corrected chi connectivity index (χ2v) is 4.01. The third kappa shape index (κ3) is 2.74. The molecule has 0 amide bonds. The average Bonchev–Trinajstić information content (AvgIpc) is 2.39. The lowest BCUT2D eigenvalue weighted by Gasteiger charge is -2.09. The van der Waals surface area contributed by atoms with Gasteiger partial charge >= 0.3 is 0 Å². The van der Waals surface area contributed by atoms with E-state index in [1.54, 1.807) is 30.3 Å². The summed E-state index contributed by atoms with van der Waals surface area (Å²) >= 11 is 0. The molecule has 0 atom stereocenters. The number of hydrogen-bond donors (Lipinski definition) is 0. The summed E-state index contributed by atoms with van der Waals surface area (Å²) in [5, 5.41) is 0. The maximum Gasteiger partial charge on any atom is 0.150 e. The molecule has 2 nitrogen and oxygen atoms in total. The van der Waals surface area contributed by atoms with Crippen LogP contribution in [0.1, 0.15) is 21.5 Å². The SMILES string of the molecule is Cc1cccc(F)c1COc1ccc(C=O)cc1. The van der Waals surface area contributed by atoms with Crippen LogP contribution < -0.4 is 4.74 Å². The van der Waals surface area contributed by atoms with E-state index in [0.717, 1.165) is 11.8 Å². The van der Waals surface area contributed by atoms with E-state index in [9.17, 15) is 9.18 Å². The molecular formula is C15H13FO2. The summed E-state index contributed by atoms with van der Waals surface area (Å²) in [6, 6.07) is 11.7. The molecule has 0 heterocycles. The van der Waals surface area contributed by atoms with Crippen LogP contribution in [0.4, 0.5) is 4.39 Å². The molecule has 0 saturated heterocycles. The third-order valence-corrected chi connectivity index (χ3v) is 2.75. The van der Waals surface area contributed by atoms with Gasteiger partial charge in [0.2, 0.25) is 0 Å². The van der Waals surface area contributed by atoms with Crippen molar-refractivity contribution in [3.8, 4) is 5.75 Å². The number of aldehydes is 1. The minimum atomic E-state index is -0.264. The highest BCUT2D eigenvalue weighted by molar-refractivity contribution is 5.74. The van der Waals surface area contributed by atoms with Crippen LogP contribution in [-0.4, -0.2) is 6.29 Å². The van der Waals surface area contributed by atoms with Crippen molar-refractivity contribution in [3.63, 3.8) is 0 Å². The summed E-state index contributed by atoms with van der Waals surface area (Å²) in [6.45, 7) is 2.02. The van der Waals surface area contributed by atoms with E-state index in [2.05, 4.69) is 0 Å². The van der Waals surface area contributed by atoms with Crippen LogP contribution in [0.5, 0.6) is 5.75 Å². The van der Waals surface area contributed by atoms with Crippen molar-refractivity contribution in [3.05, 3.63) is 65.0 Å². The van der Waals surface area contributed by atoms with E-state index in [-0.39, 0.29) is 12.4 Å². The van der Waals surface area contributed by atoms with Gasteiger partial charge < -0.3 is 4.74 Å². The van der Waals surface area contributed by atoms with Crippen LogP contribution in [0.25, 0.3) is 0 Å². The highest BCUT2D eigenvalue weighted by Crippen LogP contribution is 2.17. The van der Waals surface area contributed by atoms with Gasteiger partial charge in [0, 0.05) is 11.1 Å². The van der Waals surface area contributed by atoms with Gasteiger partial charge in [-0.25, -0.2) is 4.39 Å². The molecule has 0 N–H and O–H groups in total. The largest absolute Gasteiger partial charge is 0.489 e. The number of hydrogen-bond acceptors (Lipinski definition) is 2. The Hall–Kier alpha value is -2.16. The molecule has 3 heteroatoms. The number of halogens is 1. The summed E-state index contributed by atoms with van der Waals surface area (Å²) in [5.41, 5.74) is 2.00. The van der Waals surface area contributed by atoms with E-state index >= 15 is 0 Å². The first-order valence-electron chi connectivity index (χ1n) is 5.63. The van der Waals surface area contributed by atoms with Crippen molar-refractivity contribution in [2.24, 2.45) is 0 Å². The summed E-state index contributed by atoms with van der Waals surface area (Å²) in [6.07, 6.45) is 0.769. The fraction of sp³-hybridized carbons (Fsp3) is 0.133. The number of carbonyl (C=O) groups excluding carboxylic acids is 1. The second-order valence-electron chi connectivity index (χ2n) is 4.01. The Morgan fingerprint density at radius 1 is 1.17 bits per heavy atom. The van der Waals surface area contributed by atoms with E-state index < -0.39 is 0 Å². The van der Waals surface area contributed by atoms with Gasteiger partial charge in [0.25, 0.3) is 0 Å². The molecule has 0 aliphatic rings. The Bertz CT molecular complexity index is 527. The van der Waals surface area contributed by atoms with Crippen molar-refractivity contribution in [2.45, 2.75) is 13.5 Å². The number of aryl methyl sites for hydroxylation is 1. The van der Waals surface area contributed by atoms with Crippen LogP contribution >= 0.6 is 0 Å². The Morgan fingerprint density at radius 3 is 2.50 bits per heavy atom. The highest BCUT2D eigenvalue weighted by Gasteiger charge is 2.05. The highest BCUT2D eigenvalue weighted by atomic mass is 19.1. The standard InChI is InChI=1S/C15H13FO2/c1-11-3-2-4-15(16)14(11)10-18-13-7-5-12(9-17)6-8-13/h2-9H,10H2,1H3. The van der Waals surface area contributed by atoms with Crippen molar-refractivity contribution < 1.29 is 13.9 Å². The lowest BCUT2D eigenvalue weighted by molar-refractivity contribution is 0.112. The molecule has 0 saturated carbocycles. The first-order valence-corrected chi connectivity index (χ1v) is 5.63. The van der Waals surface area contributed by atoms with Gasteiger partial charge in [-0.2, -0.15) is 0 Å². The fourth-order valence-corrected chi connectivity index (χ4v) is 1.65. The van der Waals surface area contributed by atoms with Crippen molar-refractivity contribution in [1.82, 2.24) is 0 Å². The first-order chi connectivity index (χ1) is 8.70. The van der Waals surface area contributed by atoms with Crippen LogP contribution in [0.2, 0.25) is 0 Å². The lowest BCUT2D eigenvalue weighted by Crippen LogP contribution is -2.01. The fourth-order valence-electron chi connectivity index (χ4n) is 1.65. The predicted molar refractivity (Wildman–Crippen MR) is 67.3 cm³/mol. The molecule has 0 radical (unpaired) electrons. The molecule has 0 aromatic heterocycles. The zero-order valence-corrected chi connectivity index (χ0v) is 10.0. The van der Waals surface area contributed by atoms with Gasteiger partial charge in [0.1, 0.15) is 24.5 Å². The summed E-state index contributed by atoms with van der Waals surface area (Å²) < 4.78 is 19.0. The summed E-state index contributed by atoms with van der Waals surface area (Å²) in [5.74, 6) is 0.350. The van der Waals surface area contributed by atoms with E-state index in [4.69, 9.17) is 4.74 Å². The second kappa shape index (κ2) is 5.45. The monoisotopic (exact) mass is 244 g/mol. The zero-order valence-electron chi connectivity index (χ0n) is 10.0. The van der Waals surface area contributed by atoms with E-state index in [0.29, 0.717) is 16.9 Å². The number of carbonyl (C=O) groups is 1. The van der Waals surface area contributed by atoms with Crippen LogP contribution in [0.15, 0.2) is 42.5 Å². The number of rotatable bonds is 4. The molecular weight excluding hydrogens is 231 g/mol. The van der Waals surface area contributed by atoms with Gasteiger partial charge in [-0.15, -0.1) is 0 Å². The lowest BCUT2D eigenvalue weighted by atomic mass is 10.1. The Balaban J connectivity index is 2.09. The molecule has 0 spiro atoms. The minimum absolute atomic E-state index is 0.180. The Morgan fingerprint density at radius 2 is 1.89 bits per heavy atom.